The Kier molecular flexibility index (Phi) is 6.19. The molecule has 2 aromatic rings. The predicted octanol–water partition coefficient (Wildman–Crippen LogP) is 3.01. The van der Waals surface area contributed by atoms with Gasteiger partial charge in [-0.05, 0) is 55.7 Å². The number of nitrogens with zero attached hydrogens (tertiary/aromatic N) is 2. The van der Waals surface area contributed by atoms with Gasteiger partial charge in [0.15, 0.2) is 5.25 Å². The average molecular weight is 461 g/mol. The maximum atomic E-state index is 12.9. The summed E-state index contributed by atoms with van der Waals surface area (Å²) in [7, 11) is -3.88. The molecule has 0 aliphatic carbocycles. The van der Waals surface area contributed by atoms with Crippen molar-refractivity contribution in [3.63, 3.8) is 0 Å². The number of aromatic nitrogens is 1. The van der Waals surface area contributed by atoms with E-state index in [0.29, 0.717) is 23.7 Å². The monoisotopic (exact) mass is 460 g/mol. The van der Waals surface area contributed by atoms with Gasteiger partial charge in [0.05, 0.1) is 10.6 Å². The minimum atomic E-state index is -3.88. The summed E-state index contributed by atoms with van der Waals surface area (Å²) in [5.74, 6) is -0.382. The first-order valence-electron chi connectivity index (χ1n) is 10.2. The average Bonchev–Trinajstić information content (AvgIpc) is 3.01. The molecule has 2 aliphatic rings. The molecule has 10 heteroatoms. The van der Waals surface area contributed by atoms with Gasteiger partial charge in [-0.1, -0.05) is 12.8 Å². The van der Waals surface area contributed by atoms with Gasteiger partial charge in [0.25, 0.3) is 10.0 Å². The number of likely N-dealkylation sites (tertiary alicyclic amines) is 1. The van der Waals surface area contributed by atoms with Crippen molar-refractivity contribution in [1.82, 2.24) is 9.88 Å². The molecule has 0 saturated carbocycles. The number of pyridine rings is 1. The lowest BCUT2D eigenvalue weighted by Gasteiger charge is -2.28. The number of rotatable bonds is 4. The molecule has 1 aromatic heterocycles. The topological polar surface area (TPSA) is 108 Å². The van der Waals surface area contributed by atoms with Crippen LogP contribution >= 0.6 is 11.8 Å². The first kappa shape index (κ1) is 21.6. The molecule has 0 bridgehead atoms. The maximum absolute atomic E-state index is 12.9. The van der Waals surface area contributed by atoms with E-state index >= 15 is 0 Å². The number of thioether (sulfide) groups is 1. The fourth-order valence-electron chi connectivity index (χ4n) is 3.66. The second-order valence-electron chi connectivity index (χ2n) is 7.71. The van der Waals surface area contributed by atoms with Crippen LogP contribution in [0.4, 0.5) is 11.5 Å². The number of hydrogen-bond donors (Lipinski definition) is 2. The summed E-state index contributed by atoms with van der Waals surface area (Å²) >= 11 is 1.17. The number of carbonyl (C=O) groups excluding carboxylic acids is 2. The molecule has 1 atom stereocenters. The van der Waals surface area contributed by atoms with Gasteiger partial charge in [-0.15, -0.1) is 11.8 Å². The highest BCUT2D eigenvalue weighted by Crippen LogP contribution is 2.38. The van der Waals surface area contributed by atoms with E-state index in [0.717, 1.165) is 31.2 Å². The van der Waals surface area contributed by atoms with Crippen LogP contribution in [0.5, 0.6) is 0 Å². The van der Waals surface area contributed by atoms with Crippen molar-refractivity contribution in [3.05, 3.63) is 42.1 Å². The van der Waals surface area contributed by atoms with Crippen molar-refractivity contribution < 1.29 is 18.0 Å². The van der Waals surface area contributed by atoms with E-state index in [2.05, 4.69) is 15.0 Å². The lowest BCUT2D eigenvalue weighted by atomic mass is 10.2. The Labute approximate surface area is 185 Å². The number of carbonyl (C=O) groups is 2. The van der Waals surface area contributed by atoms with Crippen LogP contribution in [0, 0.1) is 6.92 Å². The van der Waals surface area contributed by atoms with Crippen LogP contribution in [0.25, 0.3) is 0 Å². The number of amides is 2. The maximum Gasteiger partial charge on any atom is 0.263 e. The van der Waals surface area contributed by atoms with E-state index in [4.69, 9.17) is 0 Å². The highest BCUT2D eigenvalue weighted by molar-refractivity contribution is 8.01. The number of fused-ring (bicyclic) bond motifs is 1. The fourth-order valence-corrected chi connectivity index (χ4v) is 5.74. The van der Waals surface area contributed by atoms with E-state index in [1.54, 1.807) is 23.1 Å². The molecule has 1 fully saturated rings. The van der Waals surface area contributed by atoms with Crippen LogP contribution in [0.3, 0.4) is 0 Å². The van der Waals surface area contributed by atoms with Gasteiger partial charge in [-0.2, -0.15) is 0 Å². The van der Waals surface area contributed by atoms with Crippen molar-refractivity contribution in [1.29, 1.82) is 0 Å². The molecular formula is C21H24N4O4S2. The first-order chi connectivity index (χ1) is 14.8. The zero-order chi connectivity index (χ0) is 22.0. The quantitative estimate of drug-likeness (QED) is 0.679. The van der Waals surface area contributed by atoms with Gasteiger partial charge in [0.1, 0.15) is 5.82 Å². The van der Waals surface area contributed by atoms with Gasteiger partial charge in [-0.3, -0.25) is 14.3 Å². The fraction of sp³-hybridized carbons (Fsp3) is 0.381. The third kappa shape index (κ3) is 4.85. The zero-order valence-corrected chi connectivity index (χ0v) is 18.8. The van der Waals surface area contributed by atoms with Crippen LogP contribution in [0.1, 0.15) is 31.2 Å². The van der Waals surface area contributed by atoms with Crippen molar-refractivity contribution in [3.8, 4) is 0 Å². The van der Waals surface area contributed by atoms with E-state index in [1.165, 1.54) is 30.1 Å². The number of hydrogen-bond acceptors (Lipinski definition) is 6. The number of aryl methyl sites for hydroxylation is 1. The Morgan fingerprint density at radius 3 is 2.61 bits per heavy atom. The van der Waals surface area contributed by atoms with E-state index in [-0.39, 0.29) is 16.6 Å². The number of nitrogens with one attached hydrogen (secondary N) is 2. The number of anilines is 2. The highest BCUT2D eigenvalue weighted by Gasteiger charge is 2.36. The smallest absolute Gasteiger partial charge is 0.263 e. The highest BCUT2D eigenvalue weighted by atomic mass is 32.2. The van der Waals surface area contributed by atoms with E-state index < -0.39 is 21.2 Å². The van der Waals surface area contributed by atoms with Crippen LogP contribution in [0.15, 0.2) is 46.3 Å². The van der Waals surface area contributed by atoms with Gasteiger partial charge >= 0.3 is 0 Å². The Morgan fingerprint density at radius 2 is 1.90 bits per heavy atom. The Bertz CT molecular complexity index is 1110. The standard InChI is InChI=1S/C21H24N4O4S2/c1-14-8-9-22-18(12-14)24-31(28,29)15-6-7-17-16(13-15)23-20(26)19(30-17)21(27)25-10-4-2-3-5-11-25/h6-9,12-13,19H,2-5,10-11H2,1H3,(H,22,24)(H,23,26). The van der Waals surface area contributed by atoms with Gasteiger partial charge in [0.2, 0.25) is 11.8 Å². The third-order valence-electron chi connectivity index (χ3n) is 5.30. The molecule has 3 heterocycles. The van der Waals surface area contributed by atoms with E-state index in [1.807, 2.05) is 6.92 Å². The molecule has 31 heavy (non-hydrogen) atoms. The number of sulfonamides is 1. The van der Waals surface area contributed by atoms with Gasteiger partial charge in [-0.25, -0.2) is 13.4 Å². The summed E-state index contributed by atoms with van der Waals surface area (Å²) in [5, 5.41) is 1.86. The molecule has 8 nitrogen and oxygen atoms in total. The molecule has 0 spiro atoms. The molecule has 1 saturated heterocycles. The summed E-state index contributed by atoms with van der Waals surface area (Å²) in [6.45, 7) is 3.19. The molecule has 0 radical (unpaired) electrons. The summed E-state index contributed by atoms with van der Waals surface area (Å²) in [6, 6.07) is 7.90. The van der Waals surface area contributed by atoms with Crippen LogP contribution in [-0.2, 0) is 19.6 Å². The number of benzene rings is 1. The minimum Gasteiger partial charge on any atom is -0.341 e. The van der Waals surface area contributed by atoms with Crippen molar-refractivity contribution in [2.45, 2.75) is 47.6 Å². The van der Waals surface area contributed by atoms with Crippen molar-refractivity contribution in [2.24, 2.45) is 0 Å². The normalized spacial score (nSPS) is 19.2. The zero-order valence-electron chi connectivity index (χ0n) is 17.1. The minimum absolute atomic E-state index is 0.00718. The predicted molar refractivity (Wildman–Crippen MR) is 120 cm³/mol. The molecule has 2 N–H and O–H groups in total. The molecule has 2 amide bonds. The molecule has 1 aromatic carbocycles. The van der Waals surface area contributed by atoms with Gasteiger partial charge < -0.3 is 10.2 Å². The van der Waals surface area contributed by atoms with Crippen LogP contribution < -0.4 is 10.0 Å². The first-order valence-corrected chi connectivity index (χ1v) is 12.6. The van der Waals surface area contributed by atoms with Crippen molar-refractivity contribution in [2.75, 3.05) is 23.1 Å². The molecule has 2 aliphatic heterocycles. The van der Waals surface area contributed by atoms with Crippen LogP contribution in [-0.4, -0.2) is 48.5 Å². The molecular weight excluding hydrogens is 436 g/mol. The molecule has 4 rings (SSSR count). The SMILES string of the molecule is Cc1ccnc(NS(=O)(=O)c2ccc3c(c2)NC(=O)C(C(=O)N2CCCCCC2)S3)c1. The third-order valence-corrected chi connectivity index (χ3v) is 7.91. The molecule has 164 valence electrons. The summed E-state index contributed by atoms with van der Waals surface area (Å²) in [6.07, 6.45) is 5.62. The van der Waals surface area contributed by atoms with Gasteiger partial charge in [0, 0.05) is 24.2 Å². The second kappa shape index (κ2) is 8.88. The Morgan fingerprint density at radius 1 is 1.16 bits per heavy atom. The lowest BCUT2D eigenvalue weighted by molar-refractivity contribution is -0.133. The summed E-state index contributed by atoms with van der Waals surface area (Å²) in [5.41, 5.74) is 1.26. The van der Waals surface area contributed by atoms with Crippen LogP contribution in [0.2, 0.25) is 0 Å². The Hall–Kier alpha value is -2.59. The Balaban J connectivity index is 1.53. The van der Waals surface area contributed by atoms with E-state index in [9.17, 15) is 18.0 Å². The summed E-state index contributed by atoms with van der Waals surface area (Å²) in [4.78, 5) is 32.0. The van der Waals surface area contributed by atoms with Crippen molar-refractivity contribution >= 4 is 45.1 Å². The molecule has 1 unspecified atom stereocenters. The summed E-state index contributed by atoms with van der Waals surface area (Å²) < 4.78 is 28.0. The second-order valence-corrected chi connectivity index (χ2v) is 10.5. The lowest BCUT2D eigenvalue weighted by Crippen LogP contribution is -2.45. The largest absolute Gasteiger partial charge is 0.341 e.